The minimum absolute atomic E-state index is 0.142. The van der Waals surface area contributed by atoms with Crippen LogP contribution >= 0.6 is 0 Å². The SMILES string of the molecule is CCOC(=O)CS(=O)(=O)N(CCOC)CC1CCCN1. The molecule has 1 atom stereocenters. The summed E-state index contributed by atoms with van der Waals surface area (Å²) in [5, 5.41) is 3.25. The Morgan fingerprint density at radius 1 is 1.45 bits per heavy atom. The summed E-state index contributed by atoms with van der Waals surface area (Å²) in [4.78, 5) is 11.4. The van der Waals surface area contributed by atoms with Crippen LogP contribution < -0.4 is 5.32 Å². The summed E-state index contributed by atoms with van der Waals surface area (Å²) in [7, 11) is -2.15. The van der Waals surface area contributed by atoms with E-state index in [9.17, 15) is 13.2 Å². The Hall–Kier alpha value is -0.700. The Labute approximate surface area is 120 Å². The molecule has 1 aliphatic heterocycles. The van der Waals surface area contributed by atoms with Crippen LogP contribution in [0.3, 0.4) is 0 Å². The van der Waals surface area contributed by atoms with Crippen molar-refractivity contribution in [1.82, 2.24) is 9.62 Å². The van der Waals surface area contributed by atoms with Crippen molar-refractivity contribution >= 4 is 16.0 Å². The van der Waals surface area contributed by atoms with Gasteiger partial charge in [0.2, 0.25) is 10.0 Å². The van der Waals surface area contributed by atoms with Gasteiger partial charge in [0, 0.05) is 26.2 Å². The molecule has 0 amide bonds. The normalized spacial score (nSPS) is 19.4. The highest BCUT2D eigenvalue weighted by molar-refractivity contribution is 7.89. The highest BCUT2D eigenvalue weighted by Gasteiger charge is 2.29. The Balaban J connectivity index is 2.65. The Morgan fingerprint density at radius 3 is 2.75 bits per heavy atom. The van der Waals surface area contributed by atoms with Crippen molar-refractivity contribution in [3.63, 3.8) is 0 Å². The first-order valence-electron chi connectivity index (χ1n) is 6.85. The third-order valence-corrected chi connectivity index (χ3v) is 4.85. The van der Waals surface area contributed by atoms with Gasteiger partial charge in [-0.2, -0.15) is 4.31 Å². The minimum atomic E-state index is -3.66. The molecule has 1 aliphatic rings. The molecule has 1 rings (SSSR count). The maximum atomic E-state index is 12.3. The van der Waals surface area contributed by atoms with Gasteiger partial charge in [0.05, 0.1) is 13.2 Å². The minimum Gasteiger partial charge on any atom is -0.465 e. The molecule has 0 bridgehead atoms. The molecule has 7 nitrogen and oxygen atoms in total. The summed E-state index contributed by atoms with van der Waals surface area (Å²) in [6.45, 7) is 3.64. The van der Waals surface area contributed by atoms with Crippen LogP contribution in [0.2, 0.25) is 0 Å². The molecule has 20 heavy (non-hydrogen) atoms. The summed E-state index contributed by atoms with van der Waals surface area (Å²) in [6, 6.07) is 0.142. The van der Waals surface area contributed by atoms with Crippen LogP contribution in [0.5, 0.6) is 0 Å². The highest BCUT2D eigenvalue weighted by Crippen LogP contribution is 2.11. The van der Waals surface area contributed by atoms with E-state index in [4.69, 9.17) is 9.47 Å². The summed E-state index contributed by atoms with van der Waals surface area (Å²) in [5.41, 5.74) is 0. The van der Waals surface area contributed by atoms with Gasteiger partial charge in [-0.15, -0.1) is 0 Å². The third-order valence-electron chi connectivity index (χ3n) is 3.13. The molecular weight excluding hydrogens is 284 g/mol. The number of nitrogens with zero attached hydrogens (tertiary/aromatic N) is 1. The molecule has 0 aromatic heterocycles. The average molecular weight is 308 g/mol. The van der Waals surface area contributed by atoms with Crippen LogP contribution in [0.4, 0.5) is 0 Å². The lowest BCUT2D eigenvalue weighted by Crippen LogP contribution is -2.44. The summed E-state index contributed by atoms with van der Waals surface area (Å²) >= 11 is 0. The molecule has 118 valence electrons. The number of rotatable bonds is 9. The van der Waals surface area contributed by atoms with E-state index in [2.05, 4.69) is 5.32 Å². The fourth-order valence-corrected chi connectivity index (χ4v) is 3.46. The summed E-state index contributed by atoms with van der Waals surface area (Å²) < 4.78 is 35.5. The van der Waals surface area contributed by atoms with Crippen molar-refractivity contribution in [1.29, 1.82) is 0 Å². The number of ether oxygens (including phenoxy) is 2. The zero-order chi connectivity index (χ0) is 15.0. The summed E-state index contributed by atoms with van der Waals surface area (Å²) in [6.07, 6.45) is 1.99. The van der Waals surface area contributed by atoms with Gasteiger partial charge in [0.15, 0.2) is 5.75 Å². The molecule has 0 saturated carbocycles. The van der Waals surface area contributed by atoms with Crippen molar-refractivity contribution in [2.75, 3.05) is 45.7 Å². The van der Waals surface area contributed by atoms with E-state index in [0.717, 1.165) is 19.4 Å². The van der Waals surface area contributed by atoms with Crippen molar-refractivity contribution in [2.24, 2.45) is 0 Å². The van der Waals surface area contributed by atoms with Gasteiger partial charge in [0.1, 0.15) is 0 Å². The number of hydrogen-bond acceptors (Lipinski definition) is 6. The summed E-state index contributed by atoms with van der Waals surface area (Å²) in [5.74, 6) is -1.33. The monoisotopic (exact) mass is 308 g/mol. The Morgan fingerprint density at radius 2 is 2.20 bits per heavy atom. The third kappa shape index (κ3) is 5.74. The van der Waals surface area contributed by atoms with Gasteiger partial charge >= 0.3 is 5.97 Å². The molecule has 0 spiro atoms. The molecule has 1 heterocycles. The van der Waals surface area contributed by atoms with Gasteiger partial charge in [-0.1, -0.05) is 0 Å². The number of hydrogen-bond donors (Lipinski definition) is 1. The maximum absolute atomic E-state index is 12.3. The first-order chi connectivity index (χ1) is 9.49. The van der Waals surface area contributed by atoms with Crippen LogP contribution in [0.25, 0.3) is 0 Å². The number of nitrogens with one attached hydrogen (secondary N) is 1. The van der Waals surface area contributed by atoms with Gasteiger partial charge in [-0.05, 0) is 26.3 Å². The van der Waals surface area contributed by atoms with Crippen LogP contribution in [0.15, 0.2) is 0 Å². The smallest absolute Gasteiger partial charge is 0.322 e. The molecule has 1 saturated heterocycles. The van der Waals surface area contributed by atoms with Crippen molar-refractivity contribution in [3.05, 3.63) is 0 Å². The zero-order valence-corrected chi connectivity index (χ0v) is 12.9. The topological polar surface area (TPSA) is 84.9 Å². The number of carbonyl (C=O) groups excluding carboxylic acids is 1. The molecule has 1 fully saturated rings. The van der Waals surface area contributed by atoms with Crippen LogP contribution in [0.1, 0.15) is 19.8 Å². The van der Waals surface area contributed by atoms with Crippen molar-refractivity contribution in [2.45, 2.75) is 25.8 Å². The number of sulfonamides is 1. The highest BCUT2D eigenvalue weighted by atomic mass is 32.2. The Kier molecular flexibility index (Phi) is 7.42. The van der Waals surface area contributed by atoms with Gasteiger partial charge < -0.3 is 14.8 Å². The molecule has 0 aliphatic carbocycles. The van der Waals surface area contributed by atoms with Gasteiger partial charge in [-0.25, -0.2) is 8.42 Å². The second kappa shape index (κ2) is 8.56. The predicted octanol–water partition coefficient (Wildman–Crippen LogP) is -0.420. The van der Waals surface area contributed by atoms with E-state index in [1.165, 1.54) is 11.4 Å². The lowest BCUT2D eigenvalue weighted by atomic mass is 10.2. The molecule has 0 aromatic carbocycles. The second-order valence-electron chi connectivity index (χ2n) is 4.71. The quantitative estimate of drug-likeness (QED) is 0.582. The predicted molar refractivity (Wildman–Crippen MR) is 74.9 cm³/mol. The number of methoxy groups -OCH3 is 1. The van der Waals surface area contributed by atoms with E-state index in [0.29, 0.717) is 13.2 Å². The molecule has 0 radical (unpaired) electrons. The van der Waals surface area contributed by atoms with Crippen LogP contribution in [-0.2, 0) is 24.3 Å². The molecule has 1 N–H and O–H groups in total. The van der Waals surface area contributed by atoms with E-state index < -0.39 is 21.7 Å². The average Bonchev–Trinajstić information content (AvgIpc) is 2.86. The van der Waals surface area contributed by atoms with Crippen molar-refractivity contribution < 1.29 is 22.7 Å². The lowest BCUT2D eigenvalue weighted by molar-refractivity contribution is -0.140. The molecular formula is C12H24N2O5S. The maximum Gasteiger partial charge on any atom is 0.322 e. The van der Waals surface area contributed by atoms with E-state index in [-0.39, 0.29) is 19.2 Å². The van der Waals surface area contributed by atoms with Crippen LogP contribution in [-0.4, -0.2) is 70.4 Å². The fraction of sp³-hybridized carbons (Fsp3) is 0.917. The standard InChI is InChI=1S/C12H24N2O5S/c1-3-19-12(15)10-20(16,17)14(7-8-18-2)9-11-5-4-6-13-11/h11,13H,3-10H2,1-2H3. The molecule has 8 heteroatoms. The Bertz CT molecular complexity index is 393. The van der Waals surface area contributed by atoms with E-state index in [1.807, 2.05) is 0 Å². The molecule has 0 aromatic rings. The zero-order valence-electron chi connectivity index (χ0n) is 12.1. The number of esters is 1. The lowest BCUT2D eigenvalue weighted by Gasteiger charge is -2.24. The fourth-order valence-electron chi connectivity index (χ4n) is 2.14. The first kappa shape index (κ1) is 17.4. The second-order valence-corrected chi connectivity index (χ2v) is 6.67. The van der Waals surface area contributed by atoms with E-state index in [1.54, 1.807) is 6.92 Å². The van der Waals surface area contributed by atoms with Gasteiger partial charge in [-0.3, -0.25) is 4.79 Å². The largest absolute Gasteiger partial charge is 0.465 e. The first-order valence-corrected chi connectivity index (χ1v) is 8.46. The van der Waals surface area contributed by atoms with E-state index >= 15 is 0 Å². The van der Waals surface area contributed by atoms with Crippen LogP contribution in [0, 0.1) is 0 Å². The molecule has 1 unspecified atom stereocenters. The van der Waals surface area contributed by atoms with Crippen molar-refractivity contribution in [3.8, 4) is 0 Å². The van der Waals surface area contributed by atoms with Gasteiger partial charge in [0.25, 0.3) is 0 Å². The number of carbonyl (C=O) groups is 1.